The van der Waals surface area contributed by atoms with Crippen molar-refractivity contribution in [2.45, 2.75) is 38.0 Å². The Kier molecular flexibility index (Phi) is 6.84. The van der Waals surface area contributed by atoms with Crippen LogP contribution >= 0.6 is 0 Å². The fourth-order valence-electron chi connectivity index (χ4n) is 3.45. The van der Waals surface area contributed by atoms with Crippen molar-refractivity contribution in [3.63, 3.8) is 0 Å². The Labute approximate surface area is 196 Å². The molecule has 1 atom stereocenters. The molecule has 0 bridgehead atoms. The van der Waals surface area contributed by atoms with Gasteiger partial charge >= 0.3 is 0 Å². The molecule has 4 rings (SSSR count). The van der Waals surface area contributed by atoms with Crippen molar-refractivity contribution in [1.82, 2.24) is 10.3 Å². The molecule has 33 heavy (non-hydrogen) atoms. The number of hydrogen-bond donors (Lipinski definition) is 1. The molecule has 0 aliphatic carbocycles. The predicted molar refractivity (Wildman–Crippen MR) is 130 cm³/mol. The molecular weight excluding hydrogens is 432 g/mol. The zero-order chi connectivity index (χ0) is 23.4. The lowest BCUT2D eigenvalue weighted by molar-refractivity contribution is 0.0951. The lowest BCUT2D eigenvalue weighted by atomic mass is 10.1. The summed E-state index contributed by atoms with van der Waals surface area (Å²) in [5.74, 6) is 1.25. The number of nitrogens with one attached hydrogen (secondary N) is 1. The zero-order valence-corrected chi connectivity index (χ0v) is 19.7. The Bertz CT molecular complexity index is 1290. The standard InChI is InChI=1S/C27H26N2O3S/c1-18-7-13-24(14-8-18)33(31)17-25-20(3)32-27(29-25)23-11-9-22(10-12-23)26(30)28-16-21-6-4-5-19(2)15-21/h4-15H,16-17H2,1-3H3,(H,28,30)/t33-/m1/s1. The number of aromatic nitrogens is 1. The van der Waals surface area contributed by atoms with E-state index in [0.29, 0.717) is 29.5 Å². The van der Waals surface area contributed by atoms with Crippen molar-refractivity contribution in [3.8, 4) is 11.5 Å². The summed E-state index contributed by atoms with van der Waals surface area (Å²) in [7, 11) is -1.20. The van der Waals surface area contributed by atoms with Crippen molar-refractivity contribution in [2.75, 3.05) is 0 Å². The number of amides is 1. The molecule has 6 heteroatoms. The van der Waals surface area contributed by atoms with Gasteiger partial charge in [0.15, 0.2) is 0 Å². The first kappa shape index (κ1) is 22.7. The monoisotopic (exact) mass is 458 g/mol. The normalized spacial score (nSPS) is 11.8. The first-order valence-corrected chi connectivity index (χ1v) is 12.1. The van der Waals surface area contributed by atoms with E-state index in [1.54, 1.807) is 12.1 Å². The summed E-state index contributed by atoms with van der Waals surface area (Å²) in [6, 6.07) is 22.8. The van der Waals surface area contributed by atoms with Crippen molar-refractivity contribution >= 4 is 16.7 Å². The number of hydrogen-bond acceptors (Lipinski definition) is 4. The van der Waals surface area contributed by atoms with Crippen molar-refractivity contribution in [1.29, 1.82) is 0 Å². The van der Waals surface area contributed by atoms with E-state index in [1.165, 1.54) is 0 Å². The highest BCUT2D eigenvalue weighted by Crippen LogP contribution is 2.24. The first-order valence-electron chi connectivity index (χ1n) is 10.7. The summed E-state index contributed by atoms with van der Waals surface area (Å²) in [5.41, 5.74) is 5.35. The van der Waals surface area contributed by atoms with Gasteiger partial charge in [0.1, 0.15) is 5.76 Å². The number of carbonyl (C=O) groups is 1. The number of rotatable bonds is 7. The second-order valence-corrected chi connectivity index (χ2v) is 9.53. The number of benzene rings is 3. The third-order valence-electron chi connectivity index (χ3n) is 5.37. The summed E-state index contributed by atoms with van der Waals surface area (Å²) in [5, 5.41) is 2.94. The van der Waals surface area contributed by atoms with Crippen LogP contribution < -0.4 is 5.32 Å². The molecule has 1 heterocycles. The lowest BCUT2D eigenvalue weighted by Gasteiger charge is -2.06. The molecule has 0 radical (unpaired) electrons. The molecule has 0 saturated heterocycles. The zero-order valence-electron chi connectivity index (χ0n) is 18.9. The van der Waals surface area contributed by atoms with Gasteiger partial charge in [0.25, 0.3) is 5.91 Å². The van der Waals surface area contributed by atoms with Gasteiger partial charge in [0.2, 0.25) is 5.89 Å². The van der Waals surface area contributed by atoms with Gasteiger partial charge in [-0.25, -0.2) is 4.98 Å². The average molecular weight is 459 g/mol. The van der Waals surface area contributed by atoms with Crippen LogP contribution in [0.1, 0.15) is 38.5 Å². The fourth-order valence-corrected chi connectivity index (χ4v) is 4.58. The third kappa shape index (κ3) is 5.65. The highest BCUT2D eigenvalue weighted by molar-refractivity contribution is 7.84. The van der Waals surface area contributed by atoms with Crippen LogP contribution in [0.5, 0.6) is 0 Å². The average Bonchev–Trinajstić information content (AvgIpc) is 3.18. The summed E-state index contributed by atoms with van der Waals surface area (Å²) in [4.78, 5) is 17.8. The number of nitrogens with zero attached hydrogens (tertiary/aromatic N) is 1. The van der Waals surface area contributed by atoms with Crippen LogP contribution in [0, 0.1) is 20.8 Å². The van der Waals surface area contributed by atoms with Gasteiger partial charge in [-0.05, 0) is 62.7 Å². The van der Waals surface area contributed by atoms with Gasteiger partial charge in [-0.3, -0.25) is 9.00 Å². The Morgan fingerprint density at radius 1 is 0.939 bits per heavy atom. The molecule has 1 amide bonds. The van der Waals surface area contributed by atoms with Gasteiger partial charge in [-0.15, -0.1) is 0 Å². The number of oxazole rings is 1. The van der Waals surface area contributed by atoms with E-state index in [2.05, 4.69) is 16.4 Å². The van der Waals surface area contributed by atoms with Crippen LogP contribution in [0.3, 0.4) is 0 Å². The molecule has 0 fully saturated rings. The summed E-state index contributed by atoms with van der Waals surface area (Å²) < 4.78 is 18.5. The van der Waals surface area contributed by atoms with Crippen LogP contribution in [-0.4, -0.2) is 15.1 Å². The van der Waals surface area contributed by atoms with Gasteiger partial charge in [0, 0.05) is 22.6 Å². The minimum absolute atomic E-state index is 0.138. The molecule has 168 valence electrons. The van der Waals surface area contributed by atoms with Gasteiger partial charge in [0.05, 0.1) is 22.2 Å². The van der Waals surface area contributed by atoms with Gasteiger partial charge in [-0.1, -0.05) is 47.5 Å². The van der Waals surface area contributed by atoms with Gasteiger partial charge < -0.3 is 9.73 Å². The van der Waals surface area contributed by atoms with Crippen LogP contribution in [0.25, 0.3) is 11.5 Å². The molecule has 0 unspecified atom stereocenters. The summed E-state index contributed by atoms with van der Waals surface area (Å²) in [6.45, 7) is 6.33. The van der Waals surface area contributed by atoms with Crippen LogP contribution in [0.2, 0.25) is 0 Å². The number of aryl methyl sites for hydroxylation is 3. The van der Waals surface area contributed by atoms with Crippen LogP contribution in [0.4, 0.5) is 0 Å². The maximum absolute atomic E-state index is 12.7. The largest absolute Gasteiger partial charge is 0.441 e. The highest BCUT2D eigenvalue weighted by atomic mass is 32.2. The number of carbonyl (C=O) groups excluding carboxylic acids is 1. The SMILES string of the molecule is Cc1ccc([S@](=O)Cc2nc(-c3ccc(C(=O)NCc4cccc(C)c4)cc3)oc2C)cc1. The summed E-state index contributed by atoms with van der Waals surface area (Å²) in [6.07, 6.45) is 0. The molecule has 0 saturated carbocycles. The maximum atomic E-state index is 12.7. The van der Waals surface area contributed by atoms with Crippen molar-refractivity contribution < 1.29 is 13.4 Å². The smallest absolute Gasteiger partial charge is 0.251 e. The minimum atomic E-state index is -1.20. The van der Waals surface area contributed by atoms with E-state index in [0.717, 1.165) is 27.1 Å². The lowest BCUT2D eigenvalue weighted by Crippen LogP contribution is -2.22. The Morgan fingerprint density at radius 3 is 2.36 bits per heavy atom. The molecule has 1 N–H and O–H groups in total. The molecule has 0 spiro atoms. The van der Waals surface area contributed by atoms with Crippen molar-refractivity contribution in [3.05, 3.63) is 107 Å². The molecule has 5 nitrogen and oxygen atoms in total. The molecule has 1 aromatic heterocycles. The van der Waals surface area contributed by atoms with Crippen LogP contribution in [0.15, 0.2) is 82.1 Å². The van der Waals surface area contributed by atoms with Crippen LogP contribution in [-0.2, 0) is 23.1 Å². The molecule has 3 aromatic carbocycles. The second kappa shape index (κ2) is 9.96. The van der Waals surface area contributed by atoms with E-state index in [9.17, 15) is 9.00 Å². The predicted octanol–water partition coefficient (Wildman–Crippen LogP) is 5.50. The molecule has 4 aromatic rings. The van der Waals surface area contributed by atoms with E-state index >= 15 is 0 Å². The Morgan fingerprint density at radius 2 is 1.67 bits per heavy atom. The quantitative estimate of drug-likeness (QED) is 0.397. The highest BCUT2D eigenvalue weighted by Gasteiger charge is 2.16. The minimum Gasteiger partial charge on any atom is -0.441 e. The molecule has 0 aliphatic heterocycles. The molecular formula is C27H26N2O3S. The van der Waals surface area contributed by atoms with E-state index in [-0.39, 0.29) is 11.7 Å². The van der Waals surface area contributed by atoms with E-state index < -0.39 is 10.8 Å². The van der Waals surface area contributed by atoms with Gasteiger partial charge in [-0.2, -0.15) is 0 Å². The fraction of sp³-hybridized carbons (Fsp3) is 0.185. The maximum Gasteiger partial charge on any atom is 0.251 e. The van der Waals surface area contributed by atoms with E-state index in [1.807, 2.05) is 75.4 Å². The first-order chi connectivity index (χ1) is 15.9. The second-order valence-electron chi connectivity index (χ2n) is 8.07. The topological polar surface area (TPSA) is 72.2 Å². The van der Waals surface area contributed by atoms with E-state index in [4.69, 9.17) is 4.42 Å². The third-order valence-corrected chi connectivity index (χ3v) is 6.71. The summed E-state index contributed by atoms with van der Waals surface area (Å²) >= 11 is 0. The van der Waals surface area contributed by atoms with Crippen molar-refractivity contribution in [2.24, 2.45) is 0 Å². The molecule has 0 aliphatic rings. The Balaban J connectivity index is 1.42. The Hall–Kier alpha value is -3.51.